The Labute approximate surface area is 104 Å². The van der Waals surface area contributed by atoms with Gasteiger partial charge in [-0.15, -0.1) is 0 Å². The van der Waals surface area contributed by atoms with Gasteiger partial charge in [0.2, 0.25) is 5.91 Å². The van der Waals surface area contributed by atoms with Crippen LogP contribution in [0.3, 0.4) is 0 Å². The number of fused-ring (bicyclic) bond motifs is 3. The van der Waals surface area contributed by atoms with E-state index in [1.165, 1.54) is 5.56 Å². The maximum Gasteiger partial charge on any atom is 0.232 e. The highest BCUT2D eigenvalue weighted by Gasteiger charge is 2.30. The fourth-order valence-electron chi connectivity index (χ4n) is 3.07. The molecule has 3 heterocycles. The first-order valence-corrected chi connectivity index (χ1v) is 6.19. The Kier molecular flexibility index (Phi) is 1.77. The van der Waals surface area contributed by atoms with Crippen LogP contribution in [-0.2, 0) is 6.42 Å². The normalized spacial score (nSPS) is 17.8. The monoisotopic (exact) mass is 240 g/mol. The van der Waals surface area contributed by atoms with Crippen molar-refractivity contribution in [1.82, 2.24) is 4.57 Å². The third kappa shape index (κ3) is 1.10. The van der Waals surface area contributed by atoms with Gasteiger partial charge in [-0.25, -0.2) is 0 Å². The second kappa shape index (κ2) is 3.22. The van der Waals surface area contributed by atoms with Gasteiger partial charge in [-0.1, -0.05) is 0 Å². The predicted molar refractivity (Wildman–Crippen MR) is 68.6 cm³/mol. The quantitative estimate of drug-likeness (QED) is 0.766. The van der Waals surface area contributed by atoms with Gasteiger partial charge in [0.15, 0.2) is 0 Å². The summed E-state index contributed by atoms with van der Waals surface area (Å²) in [5.41, 5.74) is 4.06. The van der Waals surface area contributed by atoms with Crippen molar-refractivity contribution in [3.05, 3.63) is 29.5 Å². The zero-order valence-electron chi connectivity index (χ0n) is 9.81. The summed E-state index contributed by atoms with van der Waals surface area (Å²) in [4.78, 5) is 16.7. The van der Waals surface area contributed by atoms with Crippen LogP contribution in [0, 0.1) is 0 Å². The lowest BCUT2D eigenvalue weighted by Gasteiger charge is -2.21. The molecule has 2 aromatic rings. The van der Waals surface area contributed by atoms with Crippen molar-refractivity contribution in [1.29, 1.82) is 0 Å². The molecule has 0 bridgehead atoms. The van der Waals surface area contributed by atoms with E-state index >= 15 is 0 Å². The first-order chi connectivity index (χ1) is 8.75. The molecule has 4 rings (SSSR count). The van der Waals surface area contributed by atoms with Gasteiger partial charge in [-0.2, -0.15) is 0 Å². The average molecular weight is 240 g/mol. The third-order valence-corrected chi connectivity index (χ3v) is 3.82. The Hall–Kier alpha value is -2.10. The van der Waals surface area contributed by atoms with Crippen molar-refractivity contribution < 1.29 is 9.90 Å². The number of rotatable bonds is 0. The average Bonchev–Trinajstić information content (AvgIpc) is 2.70. The van der Waals surface area contributed by atoms with Gasteiger partial charge >= 0.3 is 0 Å². The summed E-state index contributed by atoms with van der Waals surface area (Å²) in [6, 6.07) is 5.26. The molecule has 0 unspecified atom stereocenters. The lowest BCUT2D eigenvalue weighted by Crippen LogP contribution is -2.27. The van der Waals surface area contributed by atoms with Crippen molar-refractivity contribution in [2.24, 2.45) is 4.99 Å². The molecule has 18 heavy (non-hydrogen) atoms. The van der Waals surface area contributed by atoms with Crippen molar-refractivity contribution in [3.8, 4) is 5.75 Å². The van der Waals surface area contributed by atoms with E-state index in [1.54, 1.807) is 16.7 Å². The number of nitrogens with zero attached hydrogens (tertiary/aromatic N) is 2. The highest BCUT2D eigenvalue weighted by Crippen LogP contribution is 2.34. The van der Waals surface area contributed by atoms with Gasteiger partial charge < -0.3 is 5.11 Å². The maximum absolute atomic E-state index is 12.1. The Morgan fingerprint density at radius 3 is 3.00 bits per heavy atom. The molecular formula is C14H12N2O2. The lowest BCUT2D eigenvalue weighted by molar-refractivity contribution is 0.0904. The van der Waals surface area contributed by atoms with E-state index in [-0.39, 0.29) is 11.7 Å². The number of hydrogen-bond acceptors (Lipinski definition) is 3. The number of aliphatic imine (C=N–C) groups is 1. The third-order valence-electron chi connectivity index (χ3n) is 3.82. The molecule has 1 aromatic heterocycles. The van der Waals surface area contributed by atoms with Crippen molar-refractivity contribution >= 4 is 22.5 Å². The Bertz CT molecular complexity index is 725. The fraction of sp³-hybridized carbons (Fsp3) is 0.286. The number of benzene rings is 1. The number of hydrogen-bond donors (Lipinski definition) is 1. The molecule has 90 valence electrons. The van der Waals surface area contributed by atoms with Crippen LogP contribution >= 0.6 is 0 Å². The van der Waals surface area contributed by atoms with E-state index in [0.29, 0.717) is 6.42 Å². The minimum absolute atomic E-state index is 0.104. The molecule has 4 nitrogen and oxygen atoms in total. The van der Waals surface area contributed by atoms with Crippen LogP contribution in [0.25, 0.3) is 10.9 Å². The molecule has 0 saturated heterocycles. The van der Waals surface area contributed by atoms with Crippen LogP contribution < -0.4 is 0 Å². The molecule has 0 spiro atoms. The van der Waals surface area contributed by atoms with E-state index in [1.807, 2.05) is 6.07 Å². The van der Waals surface area contributed by atoms with E-state index in [9.17, 15) is 9.90 Å². The highest BCUT2D eigenvalue weighted by atomic mass is 16.3. The molecule has 0 atom stereocenters. The van der Waals surface area contributed by atoms with E-state index < -0.39 is 0 Å². The molecule has 0 saturated carbocycles. The van der Waals surface area contributed by atoms with E-state index in [4.69, 9.17) is 0 Å². The number of phenolic OH excluding ortho intramolecular Hbond substituents is 1. The van der Waals surface area contributed by atoms with Crippen LogP contribution in [0.4, 0.5) is 0 Å². The Morgan fingerprint density at radius 2 is 2.11 bits per heavy atom. The second-order valence-corrected chi connectivity index (χ2v) is 4.84. The first kappa shape index (κ1) is 9.88. The molecule has 1 aromatic carbocycles. The van der Waals surface area contributed by atoms with Crippen molar-refractivity contribution in [2.45, 2.75) is 19.3 Å². The SMILES string of the molecule is O=C1CCC2=NCCc3c2n1c1cc(O)ccc31. The minimum atomic E-state index is 0.104. The summed E-state index contributed by atoms with van der Waals surface area (Å²) in [7, 11) is 0. The Balaban J connectivity index is 2.20. The zero-order chi connectivity index (χ0) is 12.3. The number of aromatic nitrogens is 1. The maximum atomic E-state index is 12.1. The molecule has 2 aliphatic heterocycles. The molecule has 0 fully saturated rings. The number of carbonyl (C=O) groups excluding carboxylic acids is 1. The van der Waals surface area contributed by atoms with E-state index in [0.717, 1.165) is 41.7 Å². The molecule has 0 radical (unpaired) electrons. The summed E-state index contributed by atoms with van der Waals surface area (Å²) in [6.07, 6.45) is 2.12. The second-order valence-electron chi connectivity index (χ2n) is 4.84. The predicted octanol–water partition coefficient (Wildman–Crippen LogP) is 2.13. The summed E-state index contributed by atoms with van der Waals surface area (Å²) >= 11 is 0. The fourth-order valence-corrected chi connectivity index (χ4v) is 3.07. The first-order valence-electron chi connectivity index (χ1n) is 6.19. The molecule has 0 amide bonds. The van der Waals surface area contributed by atoms with E-state index in [2.05, 4.69) is 4.99 Å². The van der Waals surface area contributed by atoms with Crippen LogP contribution in [0.5, 0.6) is 5.75 Å². The van der Waals surface area contributed by atoms with Gasteiger partial charge in [0.25, 0.3) is 0 Å². The van der Waals surface area contributed by atoms with Crippen LogP contribution in [-0.4, -0.2) is 27.8 Å². The number of carbonyl (C=O) groups is 1. The van der Waals surface area contributed by atoms with Gasteiger partial charge in [0.05, 0.1) is 16.9 Å². The summed E-state index contributed by atoms with van der Waals surface area (Å²) in [5, 5.41) is 10.7. The smallest absolute Gasteiger partial charge is 0.232 e. The minimum Gasteiger partial charge on any atom is -0.508 e. The lowest BCUT2D eigenvalue weighted by atomic mass is 9.98. The van der Waals surface area contributed by atoms with Crippen LogP contribution in [0.2, 0.25) is 0 Å². The van der Waals surface area contributed by atoms with Gasteiger partial charge in [0.1, 0.15) is 5.75 Å². The zero-order valence-corrected chi connectivity index (χ0v) is 9.81. The number of phenols is 1. The topological polar surface area (TPSA) is 54.6 Å². The summed E-state index contributed by atoms with van der Waals surface area (Å²) in [5.74, 6) is 0.304. The number of aromatic hydroxyl groups is 1. The van der Waals surface area contributed by atoms with Gasteiger partial charge in [-0.3, -0.25) is 14.4 Å². The largest absolute Gasteiger partial charge is 0.508 e. The van der Waals surface area contributed by atoms with Gasteiger partial charge in [-0.05, 0) is 24.1 Å². The van der Waals surface area contributed by atoms with Gasteiger partial charge in [0, 0.05) is 30.8 Å². The Morgan fingerprint density at radius 1 is 1.22 bits per heavy atom. The highest BCUT2D eigenvalue weighted by molar-refractivity contribution is 6.14. The van der Waals surface area contributed by atoms with Crippen molar-refractivity contribution in [2.75, 3.05) is 6.54 Å². The van der Waals surface area contributed by atoms with Crippen molar-refractivity contribution in [3.63, 3.8) is 0 Å². The molecular weight excluding hydrogens is 228 g/mol. The molecule has 2 aliphatic rings. The molecule has 1 N–H and O–H groups in total. The molecule has 4 heteroatoms. The van der Waals surface area contributed by atoms with Crippen LogP contribution in [0.15, 0.2) is 23.2 Å². The summed E-state index contributed by atoms with van der Waals surface area (Å²) < 4.78 is 1.74. The summed E-state index contributed by atoms with van der Waals surface area (Å²) in [6.45, 7) is 0.802. The standard InChI is InChI=1S/C14H12N2O2/c17-8-1-2-9-10-5-6-15-11-3-4-13(18)16(14(10)11)12(9)7-8/h1-2,7,17H,3-6H2. The van der Waals surface area contributed by atoms with Crippen LogP contribution in [0.1, 0.15) is 28.9 Å². The molecule has 0 aliphatic carbocycles.